The zero-order valence-corrected chi connectivity index (χ0v) is 3.23. The van der Waals surface area contributed by atoms with E-state index in [0.717, 1.165) is 0 Å². The monoisotopic (exact) mass is 87.0 g/mol. The van der Waals surface area contributed by atoms with Gasteiger partial charge in [0.05, 0.1) is 0 Å². The molecule has 3 nitrogen and oxygen atoms in total. The summed E-state index contributed by atoms with van der Waals surface area (Å²) in [5, 5.41) is 3.00. The second kappa shape index (κ2) is 4.34. The molecule has 1 aliphatic rings. The number of hydrogen-bond donors (Lipinski definition) is 1. The summed E-state index contributed by atoms with van der Waals surface area (Å²) in [7, 11) is 0. The molecule has 0 bridgehead atoms. The van der Waals surface area contributed by atoms with Crippen molar-refractivity contribution in [3.63, 3.8) is 0 Å². The van der Waals surface area contributed by atoms with Gasteiger partial charge in [-0.3, -0.25) is 0 Å². The van der Waals surface area contributed by atoms with Crippen LogP contribution < -0.4 is 5.32 Å². The van der Waals surface area contributed by atoms with Crippen molar-refractivity contribution in [2.75, 3.05) is 13.1 Å². The van der Waals surface area contributed by atoms with Gasteiger partial charge in [-0.05, 0) is 0 Å². The summed E-state index contributed by atoms with van der Waals surface area (Å²) in [5.74, 6) is 0. The van der Waals surface area contributed by atoms with Crippen LogP contribution in [0.3, 0.4) is 0 Å². The fourth-order valence-electron chi connectivity index (χ4n) is 0. The van der Waals surface area contributed by atoms with Crippen LogP contribution in [0.25, 0.3) is 0 Å². The zero-order valence-electron chi connectivity index (χ0n) is 3.23. The number of rotatable bonds is 0. The summed E-state index contributed by atoms with van der Waals surface area (Å²) in [4.78, 5) is 16.2. The van der Waals surface area contributed by atoms with E-state index in [1.54, 1.807) is 0 Å². The van der Waals surface area contributed by atoms with Crippen LogP contribution in [0.15, 0.2) is 0 Å². The van der Waals surface area contributed by atoms with Gasteiger partial charge in [0, 0.05) is 13.1 Å². The standard InChI is InChI=1S/C2H5N.CO2/c1-2-3-1;2-1-3/h3H,1-2H2;. The molecule has 6 heavy (non-hydrogen) atoms. The van der Waals surface area contributed by atoms with E-state index in [1.807, 2.05) is 0 Å². The number of nitrogens with one attached hydrogen (secondary N) is 1. The third kappa shape index (κ3) is 158. The molecule has 1 fully saturated rings. The molecular weight excluding hydrogens is 82.0 g/mol. The Balaban J connectivity index is 0.0000000833. The van der Waals surface area contributed by atoms with E-state index in [2.05, 4.69) is 5.32 Å². The Kier molecular flexibility index (Phi) is 3.86. The van der Waals surface area contributed by atoms with Crippen molar-refractivity contribution in [1.82, 2.24) is 5.32 Å². The van der Waals surface area contributed by atoms with Crippen molar-refractivity contribution in [1.29, 1.82) is 0 Å². The van der Waals surface area contributed by atoms with Crippen molar-refractivity contribution in [3.8, 4) is 0 Å². The Labute approximate surface area is 35.3 Å². The van der Waals surface area contributed by atoms with E-state index in [9.17, 15) is 0 Å². The van der Waals surface area contributed by atoms with Gasteiger partial charge in [0.1, 0.15) is 0 Å². The van der Waals surface area contributed by atoms with Crippen molar-refractivity contribution >= 4 is 6.15 Å². The molecule has 0 saturated carbocycles. The highest BCUT2D eigenvalue weighted by atomic mass is 16.2. The summed E-state index contributed by atoms with van der Waals surface area (Å²) in [6.07, 6.45) is 0.250. The fourth-order valence-corrected chi connectivity index (χ4v) is 0. The van der Waals surface area contributed by atoms with E-state index >= 15 is 0 Å². The number of hydrogen-bond acceptors (Lipinski definition) is 3. The van der Waals surface area contributed by atoms with Crippen LogP contribution in [0.4, 0.5) is 0 Å². The van der Waals surface area contributed by atoms with Gasteiger partial charge in [-0.15, -0.1) is 0 Å². The summed E-state index contributed by atoms with van der Waals surface area (Å²) in [6.45, 7) is 2.50. The molecule has 0 amide bonds. The van der Waals surface area contributed by atoms with E-state index in [0.29, 0.717) is 0 Å². The summed E-state index contributed by atoms with van der Waals surface area (Å²) in [6, 6.07) is 0. The molecule has 0 aromatic carbocycles. The maximum atomic E-state index is 8.12. The summed E-state index contributed by atoms with van der Waals surface area (Å²) < 4.78 is 0. The molecule has 0 spiro atoms. The Morgan fingerprint density at radius 2 is 1.50 bits per heavy atom. The van der Waals surface area contributed by atoms with Crippen LogP contribution in [0.1, 0.15) is 0 Å². The normalized spacial score (nSPS) is 13.3. The molecule has 0 aliphatic carbocycles. The summed E-state index contributed by atoms with van der Waals surface area (Å²) in [5.41, 5.74) is 0. The van der Waals surface area contributed by atoms with Gasteiger partial charge < -0.3 is 5.32 Å². The van der Waals surface area contributed by atoms with E-state index in [-0.39, 0.29) is 6.15 Å². The second-order valence-electron chi connectivity index (χ2n) is 0.833. The van der Waals surface area contributed by atoms with Crippen molar-refractivity contribution in [3.05, 3.63) is 0 Å². The van der Waals surface area contributed by atoms with Crippen LogP contribution in [-0.2, 0) is 9.59 Å². The average Bonchev–Trinajstić information content (AvgIpc) is 2.11. The van der Waals surface area contributed by atoms with Crippen LogP contribution in [-0.4, -0.2) is 19.2 Å². The van der Waals surface area contributed by atoms with Crippen LogP contribution in [0.2, 0.25) is 0 Å². The molecule has 1 heterocycles. The minimum Gasteiger partial charge on any atom is -0.314 e. The topological polar surface area (TPSA) is 56.1 Å². The number of carbonyl (C=O) groups excluding carboxylic acids is 2. The van der Waals surface area contributed by atoms with E-state index < -0.39 is 0 Å². The minimum atomic E-state index is 0.250. The second-order valence-corrected chi connectivity index (χ2v) is 0.833. The van der Waals surface area contributed by atoms with E-state index in [1.165, 1.54) is 13.1 Å². The van der Waals surface area contributed by atoms with E-state index in [4.69, 9.17) is 9.59 Å². The molecule has 34 valence electrons. The fraction of sp³-hybridized carbons (Fsp3) is 0.667. The van der Waals surface area contributed by atoms with Crippen molar-refractivity contribution < 1.29 is 9.59 Å². The molecule has 1 rings (SSSR count). The molecule has 1 N–H and O–H groups in total. The van der Waals surface area contributed by atoms with Crippen LogP contribution in [0.5, 0.6) is 0 Å². The van der Waals surface area contributed by atoms with Crippen LogP contribution in [0, 0.1) is 0 Å². The van der Waals surface area contributed by atoms with Gasteiger partial charge in [-0.25, -0.2) is 0 Å². The first-order chi connectivity index (χ1) is 2.91. The highest BCUT2D eigenvalue weighted by Crippen LogP contribution is 1.65. The van der Waals surface area contributed by atoms with Gasteiger partial charge in [0.15, 0.2) is 0 Å². The molecule has 0 aromatic heterocycles. The lowest BCUT2D eigenvalue weighted by Gasteiger charge is -1.21. The molecule has 0 aromatic rings. The van der Waals surface area contributed by atoms with Gasteiger partial charge in [0.25, 0.3) is 0 Å². The zero-order chi connectivity index (χ0) is 4.83. The largest absolute Gasteiger partial charge is 0.373 e. The smallest absolute Gasteiger partial charge is 0.314 e. The van der Waals surface area contributed by atoms with Crippen LogP contribution >= 0.6 is 0 Å². The third-order valence-electron chi connectivity index (χ3n) is 0.250. The molecule has 0 atom stereocenters. The first-order valence-corrected chi connectivity index (χ1v) is 1.62. The summed E-state index contributed by atoms with van der Waals surface area (Å²) >= 11 is 0. The first-order valence-electron chi connectivity index (χ1n) is 1.62. The quantitative estimate of drug-likeness (QED) is 0.386. The van der Waals surface area contributed by atoms with Crippen molar-refractivity contribution in [2.45, 2.75) is 0 Å². The Hall–Kier alpha value is -0.660. The molecule has 1 aliphatic heterocycles. The Morgan fingerprint density at radius 3 is 1.50 bits per heavy atom. The third-order valence-corrected chi connectivity index (χ3v) is 0.250. The SMILES string of the molecule is C1CN1.O=C=O. The lowest BCUT2D eigenvalue weighted by atomic mass is 11.0. The molecule has 3 heteroatoms. The Morgan fingerprint density at radius 1 is 1.33 bits per heavy atom. The van der Waals surface area contributed by atoms with Gasteiger partial charge in [-0.1, -0.05) is 0 Å². The predicted octanol–water partition coefficient (Wildman–Crippen LogP) is -0.994. The predicted molar refractivity (Wildman–Crippen MR) is 17.9 cm³/mol. The maximum Gasteiger partial charge on any atom is 0.373 e. The van der Waals surface area contributed by atoms with Gasteiger partial charge >= 0.3 is 6.15 Å². The minimum absolute atomic E-state index is 0.250. The average molecular weight is 87.1 g/mol. The highest BCUT2D eigenvalue weighted by molar-refractivity contribution is 5.20. The molecule has 0 radical (unpaired) electrons. The maximum absolute atomic E-state index is 8.12. The van der Waals surface area contributed by atoms with Gasteiger partial charge in [0.2, 0.25) is 0 Å². The van der Waals surface area contributed by atoms with Gasteiger partial charge in [-0.2, -0.15) is 9.59 Å². The highest BCUT2D eigenvalue weighted by Gasteiger charge is 1.91. The molecule has 1 saturated heterocycles. The van der Waals surface area contributed by atoms with Crippen molar-refractivity contribution in [2.24, 2.45) is 0 Å². The first kappa shape index (κ1) is 5.34. The molecular formula is C3H5NO2. The lowest BCUT2D eigenvalue weighted by molar-refractivity contribution is -0.191. The lowest BCUT2D eigenvalue weighted by Crippen LogP contribution is -1.56. The molecule has 0 unspecified atom stereocenters. The Bertz CT molecular complexity index is 51.1.